The van der Waals surface area contributed by atoms with Crippen molar-refractivity contribution in [1.29, 1.82) is 0 Å². The fourth-order valence-corrected chi connectivity index (χ4v) is 4.39. The Morgan fingerprint density at radius 2 is 1.50 bits per heavy atom. The fourth-order valence-electron chi connectivity index (χ4n) is 4.39. The summed E-state index contributed by atoms with van der Waals surface area (Å²) in [7, 11) is 0. The van der Waals surface area contributed by atoms with Crippen LogP contribution in [0.3, 0.4) is 0 Å². The van der Waals surface area contributed by atoms with Gasteiger partial charge in [-0.05, 0) is 72.9 Å². The second kappa shape index (κ2) is 9.80. The normalized spacial score (nSPS) is 19.7. The van der Waals surface area contributed by atoms with Crippen molar-refractivity contribution in [2.45, 2.75) is 70.6 Å². The smallest absolute Gasteiger partial charge is 0.406 e. The molecule has 30 heavy (non-hydrogen) atoms. The standard InChI is InChI=1S/C24H27F5O/c1-2-3-4-5-16-6-8-17(9-7-16)19-14-21(25)23(22(26)15-19)18-10-12-20(13-11-18)30-24(27,28)29/h10-17H,2-9H2,1H3/t16-,17-. The largest absolute Gasteiger partial charge is 0.573 e. The topological polar surface area (TPSA) is 9.23 Å². The zero-order valence-corrected chi connectivity index (χ0v) is 17.1. The predicted molar refractivity (Wildman–Crippen MR) is 107 cm³/mol. The number of hydrogen-bond donors (Lipinski definition) is 0. The summed E-state index contributed by atoms with van der Waals surface area (Å²) in [5.74, 6) is -0.967. The minimum absolute atomic E-state index is 0.146. The van der Waals surface area contributed by atoms with Gasteiger partial charge in [0, 0.05) is 0 Å². The maximum absolute atomic E-state index is 14.8. The summed E-state index contributed by atoms with van der Waals surface area (Å²) in [5, 5.41) is 0. The Bertz CT molecular complexity index is 797. The first-order chi connectivity index (χ1) is 14.3. The van der Waals surface area contributed by atoms with Crippen LogP contribution >= 0.6 is 0 Å². The van der Waals surface area contributed by atoms with Gasteiger partial charge in [0.1, 0.15) is 17.4 Å². The van der Waals surface area contributed by atoms with Gasteiger partial charge < -0.3 is 4.74 Å². The van der Waals surface area contributed by atoms with E-state index in [-0.39, 0.29) is 17.0 Å². The molecule has 164 valence electrons. The summed E-state index contributed by atoms with van der Waals surface area (Å²) in [6.45, 7) is 2.19. The molecular weight excluding hydrogens is 399 g/mol. The lowest BCUT2D eigenvalue weighted by atomic mass is 9.77. The van der Waals surface area contributed by atoms with E-state index < -0.39 is 23.7 Å². The van der Waals surface area contributed by atoms with Crippen molar-refractivity contribution in [3.63, 3.8) is 0 Å². The van der Waals surface area contributed by atoms with E-state index in [1.165, 1.54) is 49.9 Å². The van der Waals surface area contributed by atoms with Gasteiger partial charge in [0.15, 0.2) is 0 Å². The average Bonchev–Trinajstić information content (AvgIpc) is 2.68. The molecule has 0 N–H and O–H groups in total. The van der Waals surface area contributed by atoms with E-state index in [4.69, 9.17) is 0 Å². The summed E-state index contributed by atoms with van der Waals surface area (Å²) in [5.41, 5.74) is 0.606. The molecule has 2 aromatic rings. The van der Waals surface area contributed by atoms with Gasteiger partial charge >= 0.3 is 6.36 Å². The van der Waals surface area contributed by atoms with Crippen molar-refractivity contribution >= 4 is 0 Å². The highest BCUT2D eigenvalue weighted by molar-refractivity contribution is 5.66. The van der Waals surface area contributed by atoms with Gasteiger partial charge in [-0.2, -0.15) is 0 Å². The first kappa shape index (κ1) is 22.6. The molecule has 6 heteroatoms. The molecule has 0 aromatic heterocycles. The summed E-state index contributed by atoms with van der Waals surface area (Å²) in [6.07, 6.45) is 4.15. The molecule has 1 saturated carbocycles. The van der Waals surface area contributed by atoms with Gasteiger partial charge in [-0.3, -0.25) is 0 Å². The molecule has 3 rings (SSSR count). The molecule has 0 saturated heterocycles. The van der Waals surface area contributed by atoms with Gasteiger partial charge in [0.05, 0.1) is 5.56 Å². The van der Waals surface area contributed by atoms with Crippen molar-refractivity contribution in [1.82, 2.24) is 0 Å². The fraction of sp³-hybridized carbons (Fsp3) is 0.500. The molecule has 0 amide bonds. The third-order valence-electron chi connectivity index (χ3n) is 5.98. The van der Waals surface area contributed by atoms with Crippen LogP contribution in [0.2, 0.25) is 0 Å². The third-order valence-corrected chi connectivity index (χ3v) is 5.98. The van der Waals surface area contributed by atoms with Gasteiger partial charge in [-0.25, -0.2) is 8.78 Å². The number of ether oxygens (including phenoxy) is 1. The molecule has 1 nitrogen and oxygen atoms in total. The second-order valence-electron chi connectivity index (χ2n) is 8.15. The quantitative estimate of drug-likeness (QED) is 0.319. The maximum Gasteiger partial charge on any atom is 0.573 e. The van der Waals surface area contributed by atoms with E-state index >= 15 is 0 Å². The Morgan fingerprint density at radius 1 is 0.900 bits per heavy atom. The molecule has 0 bridgehead atoms. The lowest BCUT2D eigenvalue weighted by Crippen LogP contribution is -2.17. The summed E-state index contributed by atoms with van der Waals surface area (Å²) in [6, 6.07) is 7.31. The van der Waals surface area contributed by atoms with Crippen LogP contribution in [0.1, 0.15) is 69.8 Å². The highest BCUT2D eigenvalue weighted by atomic mass is 19.4. The monoisotopic (exact) mass is 426 g/mol. The van der Waals surface area contributed by atoms with Gasteiger partial charge in [0.25, 0.3) is 0 Å². The number of alkyl halides is 3. The molecular formula is C24H27F5O. The van der Waals surface area contributed by atoms with Crippen molar-refractivity contribution in [3.8, 4) is 16.9 Å². The number of hydrogen-bond acceptors (Lipinski definition) is 1. The van der Waals surface area contributed by atoms with E-state index in [1.807, 2.05) is 0 Å². The summed E-state index contributed by atoms with van der Waals surface area (Å²) >= 11 is 0. The molecule has 0 aliphatic heterocycles. The van der Waals surface area contributed by atoms with E-state index in [1.54, 1.807) is 0 Å². The van der Waals surface area contributed by atoms with Crippen LogP contribution < -0.4 is 4.74 Å². The molecule has 0 heterocycles. The van der Waals surface area contributed by atoms with Crippen molar-refractivity contribution in [2.75, 3.05) is 0 Å². The average molecular weight is 426 g/mol. The Morgan fingerprint density at radius 3 is 2.03 bits per heavy atom. The van der Waals surface area contributed by atoms with Crippen LogP contribution in [0, 0.1) is 17.6 Å². The van der Waals surface area contributed by atoms with Crippen LogP contribution in [0.4, 0.5) is 22.0 Å². The highest BCUT2D eigenvalue weighted by Crippen LogP contribution is 2.40. The Labute approximate surface area is 174 Å². The number of unbranched alkanes of at least 4 members (excludes halogenated alkanes) is 2. The summed E-state index contributed by atoms with van der Waals surface area (Å²) < 4.78 is 70.1. The predicted octanol–water partition coefficient (Wildman–Crippen LogP) is 8.38. The van der Waals surface area contributed by atoms with Crippen LogP contribution in [-0.2, 0) is 0 Å². The maximum atomic E-state index is 14.8. The molecule has 0 radical (unpaired) electrons. The molecule has 1 fully saturated rings. The molecule has 2 aromatic carbocycles. The third kappa shape index (κ3) is 5.96. The van der Waals surface area contributed by atoms with Crippen molar-refractivity contribution in [2.24, 2.45) is 5.92 Å². The molecule has 0 atom stereocenters. The zero-order chi connectivity index (χ0) is 21.7. The van der Waals surface area contributed by atoms with E-state index in [0.29, 0.717) is 11.5 Å². The number of rotatable bonds is 7. The van der Waals surface area contributed by atoms with Gasteiger partial charge in [-0.15, -0.1) is 13.2 Å². The zero-order valence-electron chi connectivity index (χ0n) is 17.1. The summed E-state index contributed by atoms with van der Waals surface area (Å²) in [4.78, 5) is 0. The minimum atomic E-state index is -4.81. The SMILES string of the molecule is CCCCC[C@H]1CC[C@H](c2cc(F)c(-c3ccc(OC(F)(F)F)cc3)c(F)c2)CC1. The molecule has 0 unspecified atom stereocenters. The second-order valence-corrected chi connectivity index (χ2v) is 8.15. The molecule has 0 spiro atoms. The van der Waals surface area contributed by atoms with E-state index in [0.717, 1.165) is 37.8 Å². The van der Waals surface area contributed by atoms with Crippen LogP contribution in [0.25, 0.3) is 11.1 Å². The lowest BCUT2D eigenvalue weighted by Gasteiger charge is -2.29. The van der Waals surface area contributed by atoms with Crippen LogP contribution in [-0.4, -0.2) is 6.36 Å². The first-order valence-corrected chi connectivity index (χ1v) is 10.6. The van der Waals surface area contributed by atoms with Gasteiger partial charge in [-0.1, -0.05) is 44.7 Å². The Hall–Kier alpha value is -2.11. The number of halogens is 5. The van der Waals surface area contributed by atoms with Crippen molar-refractivity contribution < 1.29 is 26.7 Å². The van der Waals surface area contributed by atoms with Crippen LogP contribution in [0.5, 0.6) is 5.75 Å². The minimum Gasteiger partial charge on any atom is -0.406 e. The lowest BCUT2D eigenvalue weighted by molar-refractivity contribution is -0.274. The highest BCUT2D eigenvalue weighted by Gasteiger charge is 2.31. The molecule has 1 aliphatic carbocycles. The van der Waals surface area contributed by atoms with Gasteiger partial charge in [0.2, 0.25) is 0 Å². The van der Waals surface area contributed by atoms with Crippen molar-refractivity contribution in [3.05, 3.63) is 53.6 Å². The Kier molecular flexibility index (Phi) is 7.37. The first-order valence-electron chi connectivity index (χ1n) is 10.6. The van der Waals surface area contributed by atoms with E-state index in [2.05, 4.69) is 11.7 Å². The van der Waals surface area contributed by atoms with E-state index in [9.17, 15) is 22.0 Å². The molecule has 1 aliphatic rings. The Balaban J connectivity index is 1.69. The van der Waals surface area contributed by atoms with Crippen LogP contribution in [0.15, 0.2) is 36.4 Å². The number of benzene rings is 2.